The van der Waals surface area contributed by atoms with Gasteiger partial charge in [0.05, 0.1) is 19.3 Å². The van der Waals surface area contributed by atoms with E-state index in [0.717, 1.165) is 12.8 Å². The molecule has 0 unspecified atom stereocenters. The van der Waals surface area contributed by atoms with Crippen LogP contribution in [0.4, 0.5) is 15.8 Å². The third-order valence-electron chi connectivity index (χ3n) is 4.54. The predicted molar refractivity (Wildman–Crippen MR) is 106 cm³/mol. The first-order valence-electron chi connectivity index (χ1n) is 9.19. The quantitative estimate of drug-likeness (QED) is 0.731. The number of anilines is 2. The summed E-state index contributed by atoms with van der Waals surface area (Å²) in [5, 5.41) is 5.52. The number of hydrogen-bond acceptors (Lipinski definition) is 4. The number of carbonyl (C=O) groups excluding carboxylic acids is 2. The minimum atomic E-state index is -0.266. The monoisotopic (exact) mass is 385 g/mol. The van der Waals surface area contributed by atoms with Gasteiger partial charge >= 0.3 is 0 Å². The van der Waals surface area contributed by atoms with E-state index in [-0.39, 0.29) is 30.2 Å². The molecule has 1 aliphatic carbocycles. The van der Waals surface area contributed by atoms with Crippen molar-refractivity contribution in [2.24, 2.45) is 0 Å². The lowest BCUT2D eigenvalue weighted by Gasteiger charge is -2.22. The molecule has 1 saturated carbocycles. The summed E-state index contributed by atoms with van der Waals surface area (Å²) in [6.07, 6.45) is 2.01. The summed E-state index contributed by atoms with van der Waals surface area (Å²) in [4.78, 5) is 25.9. The van der Waals surface area contributed by atoms with Crippen LogP contribution in [0, 0.1) is 5.82 Å². The fraction of sp³-hybridized carbons (Fsp3) is 0.333. The number of rotatable bonds is 8. The topological polar surface area (TPSA) is 70.7 Å². The molecule has 2 aromatic carbocycles. The lowest BCUT2D eigenvalue weighted by Crippen LogP contribution is -2.34. The Bertz CT molecular complexity index is 868. The van der Waals surface area contributed by atoms with Gasteiger partial charge in [0.15, 0.2) is 0 Å². The highest BCUT2D eigenvalue weighted by molar-refractivity contribution is 5.95. The molecule has 6 nitrogen and oxygen atoms in total. The minimum Gasteiger partial charge on any atom is -0.495 e. The lowest BCUT2D eigenvalue weighted by molar-refractivity contribution is -0.117. The third-order valence-corrected chi connectivity index (χ3v) is 4.54. The van der Waals surface area contributed by atoms with Gasteiger partial charge in [0.25, 0.3) is 0 Å². The molecule has 0 spiro atoms. The smallest absolute Gasteiger partial charge is 0.238 e. The summed E-state index contributed by atoms with van der Waals surface area (Å²) in [5.74, 6) is -0.193. The predicted octanol–water partition coefficient (Wildman–Crippen LogP) is 3.40. The lowest BCUT2D eigenvalue weighted by atomic mass is 10.2. The van der Waals surface area contributed by atoms with Gasteiger partial charge < -0.3 is 15.4 Å². The molecule has 28 heavy (non-hydrogen) atoms. The molecule has 0 aliphatic heterocycles. The van der Waals surface area contributed by atoms with Gasteiger partial charge in [-0.1, -0.05) is 18.2 Å². The number of nitrogens with one attached hydrogen (secondary N) is 2. The van der Waals surface area contributed by atoms with Crippen LogP contribution >= 0.6 is 0 Å². The summed E-state index contributed by atoms with van der Waals surface area (Å²) in [6, 6.07) is 11.9. The molecule has 2 N–H and O–H groups in total. The number of halogens is 1. The highest BCUT2D eigenvalue weighted by Gasteiger charge is 2.31. The number of amides is 2. The van der Waals surface area contributed by atoms with Crippen molar-refractivity contribution in [3.8, 4) is 5.75 Å². The summed E-state index contributed by atoms with van der Waals surface area (Å²) < 4.78 is 19.3. The van der Waals surface area contributed by atoms with E-state index < -0.39 is 0 Å². The maximum absolute atomic E-state index is 14.0. The molecule has 0 atom stereocenters. The molecule has 2 amide bonds. The molecule has 7 heteroatoms. The second-order valence-corrected chi connectivity index (χ2v) is 6.87. The number of nitrogens with zero attached hydrogens (tertiary/aromatic N) is 1. The molecule has 0 saturated heterocycles. The Hall–Kier alpha value is -2.93. The molecule has 0 bridgehead atoms. The first-order chi connectivity index (χ1) is 13.5. The van der Waals surface area contributed by atoms with Crippen molar-refractivity contribution in [2.75, 3.05) is 24.3 Å². The zero-order valence-corrected chi connectivity index (χ0v) is 16.0. The van der Waals surface area contributed by atoms with E-state index in [1.54, 1.807) is 36.4 Å². The van der Waals surface area contributed by atoms with E-state index in [4.69, 9.17) is 4.74 Å². The highest BCUT2D eigenvalue weighted by Crippen LogP contribution is 2.30. The van der Waals surface area contributed by atoms with Gasteiger partial charge in [-0.25, -0.2) is 4.39 Å². The molecule has 148 valence electrons. The van der Waals surface area contributed by atoms with Crippen molar-refractivity contribution in [1.82, 2.24) is 4.90 Å². The maximum atomic E-state index is 14.0. The molecule has 2 aromatic rings. The highest BCUT2D eigenvalue weighted by atomic mass is 19.1. The van der Waals surface area contributed by atoms with Gasteiger partial charge in [0.1, 0.15) is 11.6 Å². The van der Waals surface area contributed by atoms with Crippen LogP contribution in [0.2, 0.25) is 0 Å². The number of benzene rings is 2. The Kier molecular flexibility index (Phi) is 6.26. The zero-order valence-electron chi connectivity index (χ0n) is 16.0. The van der Waals surface area contributed by atoms with Crippen LogP contribution in [0.15, 0.2) is 42.5 Å². The molecule has 1 aliphatic rings. The second-order valence-electron chi connectivity index (χ2n) is 6.87. The molecule has 3 rings (SSSR count). The second kappa shape index (κ2) is 8.84. The van der Waals surface area contributed by atoms with Crippen LogP contribution in [0.3, 0.4) is 0 Å². The first-order valence-corrected chi connectivity index (χ1v) is 9.19. The van der Waals surface area contributed by atoms with Gasteiger partial charge in [-0.3, -0.25) is 14.5 Å². The van der Waals surface area contributed by atoms with Crippen molar-refractivity contribution in [1.29, 1.82) is 0 Å². The van der Waals surface area contributed by atoms with Crippen LogP contribution < -0.4 is 15.4 Å². The Morgan fingerprint density at radius 1 is 1.18 bits per heavy atom. The van der Waals surface area contributed by atoms with Crippen LogP contribution in [0.1, 0.15) is 25.3 Å². The van der Waals surface area contributed by atoms with Crippen molar-refractivity contribution in [3.63, 3.8) is 0 Å². The molecule has 0 aromatic heterocycles. The Balaban J connectivity index is 1.69. The maximum Gasteiger partial charge on any atom is 0.238 e. The minimum absolute atomic E-state index is 0.145. The van der Waals surface area contributed by atoms with E-state index in [2.05, 4.69) is 10.6 Å². The Labute approximate surface area is 163 Å². The summed E-state index contributed by atoms with van der Waals surface area (Å²) in [7, 11) is 1.51. The largest absolute Gasteiger partial charge is 0.495 e. The van der Waals surface area contributed by atoms with Crippen molar-refractivity contribution in [3.05, 3.63) is 53.8 Å². The normalized spacial score (nSPS) is 13.3. The fourth-order valence-corrected chi connectivity index (χ4v) is 3.06. The summed E-state index contributed by atoms with van der Waals surface area (Å²) >= 11 is 0. The average molecular weight is 385 g/mol. The zero-order chi connectivity index (χ0) is 20.1. The van der Waals surface area contributed by atoms with Crippen LogP contribution in [0.5, 0.6) is 5.75 Å². The number of hydrogen-bond donors (Lipinski definition) is 2. The molecular formula is C21H24FN3O3. The Morgan fingerprint density at radius 3 is 2.57 bits per heavy atom. The van der Waals surface area contributed by atoms with E-state index in [1.807, 2.05) is 4.90 Å². The molecular weight excluding hydrogens is 361 g/mol. The van der Waals surface area contributed by atoms with Crippen LogP contribution in [-0.2, 0) is 16.1 Å². The number of carbonyl (C=O) groups is 2. The molecule has 0 radical (unpaired) electrons. The first kappa shape index (κ1) is 19.8. The molecule has 0 heterocycles. The van der Waals surface area contributed by atoms with Gasteiger partial charge in [-0.05, 0) is 37.1 Å². The van der Waals surface area contributed by atoms with E-state index in [9.17, 15) is 14.0 Å². The standard InChI is InChI=1S/C21H24FN3O3/c1-14(26)23-16-7-10-20(28-2)19(11-16)24-21(27)13-25(17-8-9-17)12-15-5-3-4-6-18(15)22/h3-7,10-11,17H,8-9,12-13H2,1-2H3,(H,23,26)(H,24,27). The van der Waals surface area contributed by atoms with Crippen molar-refractivity contribution < 1.29 is 18.7 Å². The summed E-state index contributed by atoms with van der Waals surface area (Å²) in [6.45, 7) is 1.94. The molecule has 1 fully saturated rings. The van der Waals surface area contributed by atoms with Crippen molar-refractivity contribution in [2.45, 2.75) is 32.4 Å². The van der Waals surface area contributed by atoms with Gasteiger partial charge in [0.2, 0.25) is 11.8 Å². The van der Waals surface area contributed by atoms with Crippen LogP contribution in [-0.4, -0.2) is 36.4 Å². The van der Waals surface area contributed by atoms with E-state index >= 15 is 0 Å². The SMILES string of the molecule is COc1ccc(NC(C)=O)cc1NC(=O)CN(Cc1ccccc1F)C1CC1. The van der Waals surface area contributed by atoms with Crippen LogP contribution in [0.25, 0.3) is 0 Å². The van der Waals surface area contributed by atoms with E-state index in [1.165, 1.54) is 20.1 Å². The van der Waals surface area contributed by atoms with Gasteiger partial charge in [-0.2, -0.15) is 0 Å². The average Bonchev–Trinajstić information content (AvgIpc) is 3.48. The van der Waals surface area contributed by atoms with Gasteiger partial charge in [-0.15, -0.1) is 0 Å². The third kappa shape index (κ3) is 5.29. The fourth-order valence-electron chi connectivity index (χ4n) is 3.06. The number of ether oxygens (including phenoxy) is 1. The Morgan fingerprint density at radius 2 is 1.93 bits per heavy atom. The van der Waals surface area contributed by atoms with Gasteiger partial charge in [0, 0.05) is 30.8 Å². The number of methoxy groups -OCH3 is 1. The van der Waals surface area contributed by atoms with E-state index in [0.29, 0.717) is 29.2 Å². The van der Waals surface area contributed by atoms with Crippen molar-refractivity contribution >= 4 is 23.2 Å². The summed E-state index contributed by atoms with van der Waals surface area (Å²) in [5.41, 5.74) is 1.61.